The Kier molecular flexibility index (Phi) is 2.67. The van der Waals surface area contributed by atoms with Gasteiger partial charge in [-0.1, -0.05) is 0 Å². The fraction of sp³-hybridized carbons (Fsp3) is 0.778. The molecule has 0 radical (unpaired) electrons. The molecule has 2 aliphatic rings. The zero-order valence-electron chi connectivity index (χ0n) is 7.99. The first-order valence-corrected chi connectivity index (χ1v) is 4.91. The molecule has 14 heavy (non-hydrogen) atoms. The first-order valence-electron chi connectivity index (χ1n) is 4.91. The van der Waals surface area contributed by atoms with Crippen molar-refractivity contribution in [2.75, 3.05) is 26.3 Å². The lowest BCUT2D eigenvalue weighted by molar-refractivity contribution is -0.132. The largest absolute Gasteiger partial charge is 0.379 e. The van der Waals surface area contributed by atoms with Gasteiger partial charge in [0, 0.05) is 19.6 Å². The van der Waals surface area contributed by atoms with Crippen LogP contribution in [0.15, 0.2) is 0 Å². The minimum Gasteiger partial charge on any atom is -0.379 e. The lowest BCUT2D eigenvalue weighted by atomic mass is 10.2. The minimum atomic E-state index is -0.0419. The third-order valence-electron chi connectivity index (χ3n) is 2.68. The van der Waals surface area contributed by atoms with Crippen LogP contribution >= 0.6 is 0 Å². The molecule has 0 aromatic heterocycles. The number of carbonyl (C=O) groups is 2. The molecule has 1 atom stereocenters. The zero-order chi connectivity index (χ0) is 9.97. The fourth-order valence-electron chi connectivity index (χ4n) is 1.86. The number of carbonyl (C=O) groups excluding carboxylic acids is 2. The van der Waals surface area contributed by atoms with E-state index >= 15 is 0 Å². The van der Waals surface area contributed by atoms with Crippen LogP contribution in [-0.2, 0) is 14.3 Å². The molecule has 5 heteroatoms. The maximum absolute atomic E-state index is 11.6. The molecule has 2 rings (SSSR count). The number of nitrogens with one attached hydrogen (secondary N) is 1. The van der Waals surface area contributed by atoms with Gasteiger partial charge in [-0.2, -0.15) is 0 Å². The van der Waals surface area contributed by atoms with E-state index < -0.39 is 0 Å². The van der Waals surface area contributed by atoms with Crippen LogP contribution in [0.1, 0.15) is 12.8 Å². The van der Waals surface area contributed by atoms with E-state index in [0.717, 1.165) is 13.0 Å². The molecular formula is C9H14N2O3. The first-order chi connectivity index (χ1) is 6.77. The van der Waals surface area contributed by atoms with Crippen molar-refractivity contribution in [3.63, 3.8) is 0 Å². The van der Waals surface area contributed by atoms with Gasteiger partial charge in [-0.25, -0.2) is 0 Å². The van der Waals surface area contributed by atoms with E-state index in [1.54, 1.807) is 4.90 Å². The van der Waals surface area contributed by atoms with Gasteiger partial charge in [0.25, 0.3) is 0 Å². The lowest BCUT2D eigenvalue weighted by Gasteiger charge is -2.25. The van der Waals surface area contributed by atoms with Crippen molar-refractivity contribution >= 4 is 11.8 Å². The topological polar surface area (TPSA) is 58.6 Å². The predicted molar refractivity (Wildman–Crippen MR) is 48.6 cm³/mol. The van der Waals surface area contributed by atoms with E-state index in [0.29, 0.717) is 19.6 Å². The van der Waals surface area contributed by atoms with Gasteiger partial charge >= 0.3 is 0 Å². The molecule has 0 aromatic rings. The van der Waals surface area contributed by atoms with Crippen molar-refractivity contribution < 1.29 is 14.3 Å². The first kappa shape index (κ1) is 9.45. The molecular weight excluding hydrogens is 184 g/mol. The summed E-state index contributed by atoms with van der Waals surface area (Å²) in [5.74, 6) is -0.0360. The summed E-state index contributed by atoms with van der Waals surface area (Å²) in [5, 5.41) is 2.58. The highest BCUT2D eigenvalue weighted by molar-refractivity contribution is 5.87. The Morgan fingerprint density at radius 2 is 2.29 bits per heavy atom. The van der Waals surface area contributed by atoms with Crippen LogP contribution in [0, 0.1) is 0 Å². The maximum Gasteiger partial charge on any atom is 0.242 e. The molecule has 1 N–H and O–H groups in total. The molecule has 2 saturated heterocycles. The SMILES string of the molecule is O=C1CCN(C2CCOC2)C(=O)CN1. The summed E-state index contributed by atoms with van der Waals surface area (Å²) in [6.07, 6.45) is 1.29. The van der Waals surface area contributed by atoms with Gasteiger partial charge < -0.3 is 15.0 Å². The molecule has 1 unspecified atom stereocenters. The summed E-state index contributed by atoms with van der Waals surface area (Å²) < 4.78 is 5.23. The van der Waals surface area contributed by atoms with Crippen LogP contribution < -0.4 is 5.32 Å². The minimum absolute atomic E-state index is 0.00588. The predicted octanol–water partition coefficient (Wildman–Crippen LogP) is -0.876. The van der Waals surface area contributed by atoms with Crippen molar-refractivity contribution in [2.45, 2.75) is 18.9 Å². The van der Waals surface area contributed by atoms with Crippen molar-refractivity contribution in [3.05, 3.63) is 0 Å². The maximum atomic E-state index is 11.6. The van der Waals surface area contributed by atoms with E-state index in [1.165, 1.54) is 0 Å². The molecule has 0 aromatic carbocycles. The van der Waals surface area contributed by atoms with Crippen molar-refractivity contribution in [1.82, 2.24) is 10.2 Å². The summed E-state index contributed by atoms with van der Waals surface area (Å²) >= 11 is 0. The Morgan fingerprint density at radius 1 is 1.43 bits per heavy atom. The standard InChI is InChI=1S/C9H14N2O3/c12-8-1-3-11(9(13)5-10-8)7-2-4-14-6-7/h7H,1-6H2,(H,10,12). The lowest BCUT2D eigenvalue weighted by Crippen LogP contribution is -2.42. The van der Waals surface area contributed by atoms with Gasteiger partial charge in [-0.15, -0.1) is 0 Å². The van der Waals surface area contributed by atoms with Gasteiger partial charge in [0.05, 0.1) is 19.2 Å². The third-order valence-corrected chi connectivity index (χ3v) is 2.68. The van der Waals surface area contributed by atoms with Gasteiger partial charge in [-0.3, -0.25) is 9.59 Å². The van der Waals surface area contributed by atoms with Crippen molar-refractivity contribution in [2.24, 2.45) is 0 Å². The fourth-order valence-corrected chi connectivity index (χ4v) is 1.86. The van der Waals surface area contributed by atoms with Crippen LogP contribution in [-0.4, -0.2) is 49.1 Å². The number of hydrogen-bond acceptors (Lipinski definition) is 3. The highest BCUT2D eigenvalue weighted by Gasteiger charge is 2.29. The number of ether oxygens (including phenoxy) is 1. The number of hydrogen-bond donors (Lipinski definition) is 1. The Hall–Kier alpha value is -1.10. The molecule has 0 spiro atoms. The Labute approximate surface area is 82.4 Å². The van der Waals surface area contributed by atoms with Gasteiger partial charge in [0.2, 0.25) is 11.8 Å². The van der Waals surface area contributed by atoms with Crippen LogP contribution in [0.5, 0.6) is 0 Å². The monoisotopic (exact) mass is 198 g/mol. The number of nitrogens with zero attached hydrogens (tertiary/aromatic N) is 1. The number of amides is 2. The molecule has 2 amide bonds. The molecule has 0 aliphatic carbocycles. The van der Waals surface area contributed by atoms with E-state index in [4.69, 9.17) is 4.74 Å². The van der Waals surface area contributed by atoms with E-state index in [-0.39, 0.29) is 24.4 Å². The quantitative estimate of drug-likeness (QED) is 0.595. The summed E-state index contributed by atoms with van der Waals surface area (Å²) in [6, 6.07) is 0.176. The average Bonchev–Trinajstić information content (AvgIpc) is 2.63. The van der Waals surface area contributed by atoms with E-state index in [1.807, 2.05) is 0 Å². The van der Waals surface area contributed by atoms with Crippen LogP contribution in [0.4, 0.5) is 0 Å². The summed E-state index contributed by atoms with van der Waals surface area (Å²) in [4.78, 5) is 24.4. The molecule has 5 nitrogen and oxygen atoms in total. The van der Waals surface area contributed by atoms with Crippen molar-refractivity contribution in [1.29, 1.82) is 0 Å². The molecule has 2 fully saturated rings. The second-order valence-electron chi connectivity index (χ2n) is 3.63. The second-order valence-corrected chi connectivity index (χ2v) is 3.63. The molecule has 78 valence electrons. The van der Waals surface area contributed by atoms with Gasteiger partial charge in [0.15, 0.2) is 0 Å². The third kappa shape index (κ3) is 1.87. The molecule has 0 bridgehead atoms. The zero-order valence-corrected chi connectivity index (χ0v) is 7.99. The highest BCUT2D eigenvalue weighted by Crippen LogP contribution is 2.14. The normalized spacial score (nSPS) is 28.9. The Morgan fingerprint density at radius 3 is 3.00 bits per heavy atom. The van der Waals surface area contributed by atoms with Crippen molar-refractivity contribution in [3.8, 4) is 0 Å². The second kappa shape index (κ2) is 3.96. The molecule has 2 aliphatic heterocycles. The van der Waals surface area contributed by atoms with E-state index in [2.05, 4.69) is 5.32 Å². The number of rotatable bonds is 1. The van der Waals surface area contributed by atoms with Gasteiger partial charge in [0.1, 0.15) is 0 Å². The van der Waals surface area contributed by atoms with E-state index in [9.17, 15) is 9.59 Å². The summed E-state index contributed by atoms with van der Waals surface area (Å²) in [5.41, 5.74) is 0. The Balaban J connectivity index is 2.01. The van der Waals surface area contributed by atoms with Crippen LogP contribution in [0.3, 0.4) is 0 Å². The van der Waals surface area contributed by atoms with Gasteiger partial charge in [-0.05, 0) is 6.42 Å². The average molecular weight is 198 g/mol. The summed E-state index contributed by atoms with van der Waals surface area (Å²) in [6.45, 7) is 1.99. The highest BCUT2D eigenvalue weighted by atomic mass is 16.5. The van der Waals surface area contributed by atoms with Crippen LogP contribution in [0.25, 0.3) is 0 Å². The van der Waals surface area contributed by atoms with Crippen LogP contribution in [0.2, 0.25) is 0 Å². The molecule has 2 heterocycles. The summed E-state index contributed by atoms with van der Waals surface area (Å²) in [7, 11) is 0. The smallest absolute Gasteiger partial charge is 0.242 e. The Bertz CT molecular complexity index is 248. The molecule has 0 saturated carbocycles.